The molecule has 6 nitrogen and oxygen atoms in total. The predicted molar refractivity (Wildman–Crippen MR) is 101 cm³/mol. The summed E-state index contributed by atoms with van der Waals surface area (Å²) in [6.45, 7) is 6.65. The van der Waals surface area contributed by atoms with Crippen molar-refractivity contribution in [1.82, 2.24) is 15.1 Å². The normalized spacial score (nSPS) is 12.0. The standard InChI is InChI=1S/C20H27N3O3/c1-5-6-13-23-18(24)12-11-17(22-23)20(25)21-19(14(2)3)15-7-9-16(26-4)10-8-15/h7-12,14,19H,5-6,13H2,1-4H3,(H,21,25). The largest absolute Gasteiger partial charge is 0.497 e. The number of carbonyl (C=O) groups excluding carboxylic acids is 1. The molecule has 1 heterocycles. The van der Waals surface area contributed by atoms with Crippen LogP contribution in [0.5, 0.6) is 5.75 Å². The fraction of sp³-hybridized carbons (Fsp3) is 0.450. The molecule has 0 spiro atoms. The van der Waals surface area contributed by atoms with Gasteiger partial charge < -0.3 is 10.1 Å². The highest BCUT2D eigenvalue weighted by molar-refractivity contribution is 5.92. The lowest BCUT2D eigenvalue weighted by atomic mass is 9.96. The van der Waals surface area contributed by atoms with E-state index < -0.39 is 0 Å². The van der Waals surface area contributed by atoms with E-state index in [-0.39, 0.29) is 29.1 Å². The van der Waals surface area contributed by atoms with E-state index >= 15 is 0 Å². The van der Waals surface area contributed by atoms with Crippen LogP contribution in [0.25, 0.3) is 0 Å². The van der Waals surface area contributed by atoms with Crippen LogP contribution in [0.1, 0.15) is 55.7 Å². The fourth-order valence-electron chi connectivity index (χ4n) is 2.70. The number of nitrogens with one attached hydrogen (secondary N) is 1. The number of methoxy groups -OCH3 is 1. The molecule has 0 aliphatic rings. The second-order valence-electron chi connectivity index (χ2n) is 6.60. The van der Waals surface area contributed by atoms with E-state index in [1.54, 1.807) is 7.11 Å². The molecule has 0 fully saturated rings. The molecule has 0 saturated heterocycles. The van der Waals surface area contributed by atoms with Crippen LogP contribution in [0.15, 0.2) is 41.2 Å². The van der Waals surface area contributed by atoms with E-state index in [1.807, 2.05) is 45.0 Å². The summed E-state index contributed by atoms with van der Waals surface area (Å²) in [5.41, 5.74) is 1.05. The first-order valence-corrected chi connectivity index (χ1v) is 8.99. The van der Waals surface area contributed by atoms with E-state index in [0.29, 0.717) is 6.54 Å². The van der Waals surface area contributed by atoms with Crippen molar-refractivity contribution < 1.29 is 9.53 Å². The van der Waals surface area contributed by atoms with Crippen LogP contribution in [-0.4, -0.2) is 22.8 Å². The summed E-state index contributed by atoms with van der Waals surface area (Å²) in [6.07, 6.45) is 1.80. The van der Waals surface area contributed by atoms with Crippen molar-refractivity contribution in [3.63, 3.8) is 0 Å². The number of hydrogen-bond acceptors (Lipinski definition) is 4. The van der Waals surface area contributed by atoms with Crippen LogP contribution in [-0.2, 0) is 6.54 Å². The Bertz CT molecular complexity index is 782. The lowest BCUT2D eigenvalue weighted by Gasteiger charge is -2.23. The molecule has 1 aromatic heterocycles. The van der Waals surface area contributed by atoms with Crippen LogP contribution in [0, 0.1) is 5.92 Å². The first kappa shape index (κ1) is 19.7. The van der Waals surface area contributed by atoms with Gasteiger partial charge in [-0.25, -0.2) is 4.68 Å². The van der Waals surface area contributed by atoms with Gasteiger partial charge in [0.2, 0.25) is 0 Å². The Kier molecular flexibility index (Phi) is 6.95. The zero-order valence-electron chi connectivity index (χ0n) is 15.9. The van der Waals surface area contributed by atoms with Gasteiger partial charge in [-0.1, -0.05) is 39.3 Å². The van der Waals surface area contributed by atoms with Crippen LogP contribution in [0.4, 0.5) is 0 Å². The van der Waals surface area contributed by atoms with Crippen molar-refractivity contribution in [3.8, 4) is 5.75 Å². The molecule has 140 valence electrons. The first-order chi connectivity index (χ1) is 12.5. The number of hydrogen-bond donors (Lipinski definition) is 1. The van der Waals surface area contributed by atoms with Gasteiger partial charge in [-0.2, -0.15) is 5.10 Å². The summed E-state index contributed by atoms with van der Waals surface area (Å²) >= 11 is 0. The van der Waals surface area contributed by atoms with Gasteiger partial charge in [-0.05, 0) is 36.1 Å². The quantitative estimate of drug-likeness (QED) is 0.787. The molecule has 1 N–H and O–H groups in total. The zero-order valence-corrected chi connectivity index (χ0v) is 15.9. The maximum absolute atomic E-state index is 12.7. The Balaban J connectivity index is 2.20. The Labute approximate surface area is 154 Å². The third-order valence-corrected chi connectivity index (χ3v) is 4.25. The predicted octanol–water partition coefficient (Wildman–Crippen LogP) is 3.18. The van der Waals surface area contributed by atoms with Gasteiger partial charge in [0.05, 0.1) is 13.2 Å². The number of benzene rings is 1. The van der Waals surface area contributed by atoms with Gasteiger partial charge in [-0.3, -0.25) is 9.59 Å². The monoisotopic (exact) mass is 357 g/mol. The number of amides is 1. The van der Waals surface area contributed by atoms with Crippen molar-refractivity contribution in [2.75, 3.05) is 7.11 Å². The molecule has 0 aliphatic carbocycles. The number of rotatable bonds is 8. The topological polar surface area (TPSA) is 73.2 Å². The van der Waals surface area contributed by atoms with Gasteiger partial charge in [0.1, 0.15) is 11.4 Å². The molecule has 0 radical (unpaired) electrons. The van der Waals surface area contributed by atoms with E-state index in [9.17, 15) is 9.59 Å². The van der Waals surface area contributed by atoms with Crippen molar-refractivity contribution in [2.24, 2.45) is 5.92 Å². The summed E-state index contributed by atoms with van der Waals surface area (Å²) in [6, 6.07) is 10.4. The smallest absolute Gasteiger partial charge is 0.272 e. The summed E-state index contributed by atoms with van der Waals surface area (Å²) in [4.78, 5) is 24.5. The number of carbonyl (C=O) groups is 1. The van der Waals surface area contributed by atoms with Gasteiger partial charge in [0.25, 0.3) is 11.5 Å². The number of aryl methyl sites for hydroxylation is 1. The van der Waals surface area contributed by atoms with E-state index in [4.69, 9.17) is 4.74 Å². The molecular weight excluding hydrogens is 330 g/mol. The SMILES string of the molecule is CCCCn1nc(C(=O)NC(c2ccc(OC)cc2)C(C)C)ccc1=O. The molecule has 0 aliphatic heterocycles. The third kappa shape index (κ3) is 4.94. The van der Waals surface area contributed by atoms with E-state index in [1.165, 1.54) is 16.8 Å². The molecule has 1 amide bonds. The van der Waals surface area contributed by atoms with Gasteiger partial charge in [-0.15, -0.1) is 0 Å². The molecular formula is C20H27N3O3. The highest BCUT2D eigenvalue weighted by Gasteiger charge is 2.20. The highest BCUT2D eigenvalue weighted by Crippen LogP contribution is 2.24. The molecule has 2 aromatic rings. The van der Waals surface area contributed by atoms with E-state index in [2.05, 4.69) is 10.4 Å². The molecule has 0 saturated carbocycles. The molecule has 2 rings (SSSR count). The summed E-state index contributed by atoms with van der Waals surface area (Å²) in [7, 11) is 1.62. The van der Waals surface area contributed by atoms with Crippen LogP contribution in [0.3, 0.4) is 0 Å². The van der Waals surface area contributed by atoms with Crippen molar-refractivity contribution >= 4 is 5.91 Å². The lowest BCUT2D eigenvalue weighted by Crippen LogP contribution is -2.34. The minimum Gasteiger partial charge on any atom is -0.497 e. The maximum Gasteiger partial charge on any atom is 0.272 e. The molecule has 6 heteroatoms. The average molecular weight is 357 g/mol. The second-order valence-corrected chi connectivity index (χ2v) is 6.60. The second kappa shape index (κ2) is 9.17. The Morgan fingerprint density at radius 3 is 2.46 bits per heavy atom. The molecule has 1 atom stereocenters. The van der Waals surface area contributed by atoms with Crippen molar-refractivity contribution in [2.45, 2.75) is 46.2 Å². The summed E-state index contributed by atoms with van der Waals surface area (Å²) in [5.74, 6) is 0.676. The lowest BCUT2D eigenvalue weighted by molar-refractivity contribution is 0.0918. The van der Waals surface area contributed by atoms with Crippen molar-refractivity contribution in [1.29, 1.82) is 0 Å². The Morgan fingerprint density at radius 1 is 1.19 bits per heavy atom. The number of nitrogens with zero attached hydrogens (tertiary/aromatic N) is 2. The number of aromatic nitrogens is 2. The molecule has 1 unspecified atom stereocenters. The fourth-order valence-corrected chi connectivity index (χ4v) is 2.70. The number of unbranched alkanes of at least 4 members (excludes halogenated alkanes) is 1. The minimum absolute atomic E-state index is 0.161. The minimum atomic E-state index is -0.287. The average Bonchev–Trinajstić information content (AvgIpc) is 2.65. The summed E-state index contributed by atoms with van der Waals surface area (Å²) in [5, 5.41) is 7.25. The molecule has 1 aromatic carbocycles. The van der Waals surface area contributed by atoms with E-state index in [0.717, 1.165) is 24.2 Å². The Hall–Kier alpha value is -2.63. The highest BCUT2D eigenvalue weighted by atomic mass is 16.5. The van der Waals surface area contributed by atoms with Gasteiger partial charge in [0.15, 0.2) is 0 Å². The summed E-state index contributed by atoms with van der Waals surface area (Å²) < 4.78 is 6.54. The van der Waals surface area contributed by atoms with Crippen LogP contribution in [0.2, 0.25) is 0 Å². The Morgan fingerprint density at radius 2 is 1.88 bits per heavy atom. The number of ether oxygens (including phenoxy) is 1. The van der Waals surface area contributed by atoms with Gasteiger partial charge >= 0.3 is 0 Å². The zero-order chi connectivity index (χ0) is 19.1. The van der Waals surface area contributed by atoms with Crippen molar-refractivity contribution in [3.05, 3.63) is 58.0 Å². The molecule has 26 heavy (non-hydrogen) atoms. The van der Waals surface area contributed by atoms with Gasteiger partial charge in [0, 0.05) is 12.6 Å². The van der Waals surface area contributed by atoms with Crippen LogP contribution < -0.4 is 15.6 Å². The molecule has 0 bridgehead atoms. The van der Waals surface area contributed by atoms with Crippen LogP contribution >= 0.6 is 0 Å². The third-order valence-electron chi connectivity index (χ3n) is 4.25. The first-order valence-electron chi connectivity index (χ1n) is 8.99. The maximum atomic E-state index is 12.7.